The Kier molecular flexibility index (Phi) is 15.2. The van der Waals surface area contributed by atoms with Gasteiger partial charge in [-0.3, -0.25) is 33.5 Å². The van der Waals surface area contributed by atoms with Crippen molar-refractivity contribution in [2.45, 2.75) is 104 Å². The highest BCUT2D eigenvalue weighted by molar-refractivity contribution is 5.84. The van der Waals surface area contributed by atoms with E-state index in [0.29, 0.717) is 36.4 Å². The number of esters is 2. The molecule has 2 heterocycles. The van der Waals surface area contributed by atoms with E-state index < -0.39 is 73.2 Å². The first-order valence-electron chi connectivity index (χ1n) is 15.2. The fourth-order valence-electron chi connectivity index (χ4n) is 5.11. The Morgan fingerprint density at radius 1 is 0.932 bits per heavy atom. The summed E-state index contributed by atoms with van der Waals surface area (Å²) in [5, 5.41) is 16.0. The van der Waals surface area contributed by atoms with Crippen LogP contribution < -0.4 is 21.9 Å². The van der Waals surface area contributed by atoms with Crippen molar-refractivity contribution in [1.29, 1.82) is 0 Å². The molecule has 0 aromatic carbocycles. The van der Waals surface area contributed by atoms with Crippen molar-refractivity contribution in [2.24, 2.45) is 11.8 Å². The number of amides is 2. The largest absolute Gasteiger partial charge is 0.461 e. The van der Waals surface area contributed by atoms with Gasteiger partial charge in [0.05, 0.1) is 6.20 Å². The molecule has 4 atom stereocenters. The van der Waals surface area contributed by atoms with Gasteiger partial charge in [0.2, 0.25) is 17.6 Å². The maximum atomic E-state index is 14.0. The number of nitrogens with one attached hydrogen (secondary N) is 3. The van der Waals surface area contributed by atoms with E-state index in [0.717, 1.165) is 25.7 Å². The third-order valence-electron chi connectivity index (χ3n) is 7.29. The van der Waals surface area contributed by atoms with E-state index in [1.807, 2.05) is 27.7 Å². The zero-order valence-electron chi connectivity index (χ0n) is 25.8. The maximum Gasteiger partial charge on any atom is 0.330 e. The molecule has 0 unspecified atom stereocenters. The fourth-order valence-corrected chi connectivity index (χ4v) is 5.11. The molecule has 2 amide bonds. The number of rotatable bonds is 18. The molecule has 0 bridgehead atoms. The van der Waals surface area contributed by atoms with E-state index in [1.54, 1.807) is 4.98 Å². The summed E-state index contributed by atoms with van der Waals surface area (Å²) >= 11 is 0. The second kappa shape index (κ2) is 18.3. The molecular weight excluding hydrogens is 583 g/mol. The standard InChI is InChI=1S/C29H45FN4O10/c1-5-9-17(10-6-2)25(38)31-13-21(35)42-16-20-24(44-22(36)14-32-26(39)18(11-7-3)12-8-4)23(37)28(43-20)34-15-19(30)27(40)33-29(34)41/h15,17-18,20,23-24,28,37H,5-14,16H2,1-4H3,(H,31,38)(H,32,39)(H,33,40,41)/t20-,23-,24-,28-/m1/s1. The number of aromatic amines is 1. The molecule has 4 N–H and O–H groups in total. The third-order valence-corrected chi connectivity index (χ3v) is 7.29. The predicted molar refractivity (Wildman–Crippen MR) is 155 cm³/mol. The zero-order valence-corrected chi connectivity index (χ0v) is 25.8. The average Bonchev–Trinajstić information content (AvgIpc) is 3.29. The first-order valence-corrected chi connectivity index (χ1v) is 15.2. The van der Waals surface area contributed by atoms with Crippen molar-refractivity contribution in [3.63, 3.8) is 0 Å². The van der Waals surface area contributed by atoms with Gasteiger partial charge < -0.3 is 30.0 Å². The van der Waals surface area contributed by atoms with Gasteiger partial charge in [-0.15, -0.1) is 0 Å². The number of halogens is 1. The molecule has 1 saturated heterocycles. The summed E-state index contributed by atoms with van der Waals surface area (Å²) in [4.78, 5) is 75.7. The number of hydrogen-bond acceptors (Lipinski definition) is 10. The number of aromatic nitrogens is 2. The lowest BCUT2D eigenvalue weighted by atomic mass is 9.97. The Labute approximate surface area is 255 Å². The zero-order chi connectivity index (χ0) is 32.8. The molecule has 15 heteroatoms. The minimum absolute atomic E-state index is 0.244. The number of carbonyl (C=O) groups is 4. The highest BCUT2D eigenvalue weighted by Gasteiger charge is 2.48. The fraction of sp³-hybridized carbons (Fsp3) is 0.724. The molecule has 0 radical (unpaired) electrons. The number of hydrogen-bond donors (Lipinski definition) is 4. The second-order valence-corrected chi connectivity index (χ2v) is 10.8. The Bertz CT molecular complexity index is 1220. The van der Waals surface area contributed by atoms with E-state index in [2.05, 4.69) is 10.6 Å². The van der Waals surface area contributed by atoms with Gasteiger partial charge in [0, 0.05) is 11.8 Å². The number of aliphatic hydroxyl groups is 1. The highest BCUT2D eigenvalue weighted by atomic mass is 19.1. The van der Waals surface area contributed by atoms with Crippen molar-refractivity contribution in [2.75, 3.05) is 19.7 Å². The van der Waals surface area contributed by atoms with E-state index in [-0.39, 0.29) is 23.7 Å². The van der Waals surface area contributed by atoms with Gasteiger partial charge >= 0.3 is 17.6 Å². The Hall–Kier alpha value is -3.59. The van der Waals surface area contributed by atoms with Gasteiger partial charge in [-0.1, -0.05) is 53.4 Å². The molecule has 0 spiro atoms. The molecule has 44 heavy (non-hydrogen) atoms. The number of H-pyrrole nitrogens is 1. The SMILES string of the molecule is CCCC(CCC)C(=O)NCC(=O)OC[C@H]1O[C@@H](n2cc(F)c(=O)[nH]c2=O)[C@H](O)[C@@H]1OC(=O)CNC(=O)C(CCC)CCC. The van der Waals surface area contributed by atoms with Crippen LogP contribution >= 0.6 is 0 Å². The molecular formula is C29H45FN4O10. The first kappa shape index (κ1) is 36.6. The van der Waals surface area contributed by atoms with E-state index >= 15 is 0 Å². The van der Waals surface area contributed by atoms with Crippen LogP contribution in [0.25, 0.3) is 0 Å². The molecule has 248 valence electrons. The highest BCUT2D eigenvalue weighted by Crippen LogP contribution is 2.31. The summed E-state index contributed by atoms with van der Waals surface area (Å²) in [6.45, 7) is 6.25. The molecule has 14 nitrogen and oxygen atoms in total. The summed E-state index contributed by atoms with van der Waals surface area (Å²) < 4.78 is 30.8. The van der Waals surface area contributed by atoms with Gasteiger partial charge in [0.1, 0.15) is 31.9 Å². The van der Waals surface area contributed by atoms with Crippen LogP contribution in [0.5, 0.6) is 0 Å². The van der Waals surface area contributed by atoms with Crippen LogP contribution in [0.15, 0.2) is 15.8 Å². The van der Waals surface area contributed by atoms with Crippen molar-refractivity contribution in [3.05, 3.63) is 32.9 Å². The van der Waals surface area contributed by atoms with Gasteiger partial charge in [-0.25, -0.2) is 4.79 Å². The van der Waals surface area contributed by atoms with Crippen molar-refractivity contribution >= 4 is 23.8 Å². The molecule has 1 fully saturated rings. The summed E-state index contributed by atoms with van der Waals surface area (Å²) in [5.41, 5.74) is -2.39. The molecule has 1 aliphatic heterocycles. The summed E-state index contributed by atoms with van der Waals surface area (Å²) in [5.74, 6) is -4.25. The minimum Gasteiger partial charge on any atom is -0.461 e. The van der Waals surface area contributed by atoms with Crippen molar-refractivity contribution in [1.82, 2.24) is 20.2 Å². The molecule has 1 aromatic heterocycles. The monoisotopic (exact) mass is 628 g/mol. The lowest BCUT2D eigenvalue weighted by Gasteiger charge is -2.21. The van der Waals surface area contributed by atoms with Crippen LogP contribution in [0.1, 0.15) is 85.3 Å². The van der Waals surface area contributed by atoms with Gasteiger partial charge in [-0.2, -0.15) is 4.39 Å². The van der Waals surface area contributed by atoms with Crippen molar-refractivity contribution in [3.8, 4) is 0 Å². The van der Waals surface area contributed by atoms with E-state index in [9.17, 15) is 38.3 Å². The first-order chi connectivity index (χ1) is 21.0. The molecule has 0 saturated carbocycles. The Balaban J connectivity index is 2.13. The maximum absolute atomic E-state index is 14.0. The third kappa shape index (κ3) is 10.5. The van der Waals surface area contributed by atoms with Crippen LogP contribution in [0.3, 0.4) is 0 Å². The Morgan fingerprint density at radius 3 is 1.93 bits per heavy atom. The lowest BCUT2D eigenvalue weighted by Crippen LogP contribution is -2.43. The van der Waals surface area contributed by atoms with Crippen molar-refractivity contribution < 1.29 is 42.9 Å². The number of ether oxygens (including phenoxy) is 3. The van der Waals surface area contributed by atoms with Crippen LogP contribution in [-0.4, -0.2) is 76.4 Å². The molecule has 2 rings (SSSR count). The number of nitrogens with zero attached hydrogens (tertiary/aromatic N) is 1. The van der Waals surface area contributed by atoms with Gasteiger partial charge in [-0.05, 0) is 25.7 Å². The quantitative estimate of drug-likeness (QED) is 0.171. The van der Waals surface area contributed by atoms with Gasteiger partial charge in [0.15, 0.2) is 12.3 Å². The summed E-state index contributed by atoms with van der Waals surface area (Å²) in [6.07, 6.45) is 0.0534. The van der Waals surface area contributed by atoms with Crippen LogP contribution in [0, 0.1) is 17.7 Å². The van der Waals surface area contributed by atoms with Gasteiger partial charge in [0.25, 0.3) is 5.56 Å². The average molecular weight is 629 g/mol. The summed E-state index contributed by atoms with van der Waals surface area (Å²) in [7, 11) is 0. The second-order valence-electron chi connectivity index (χ2n) is 10.8. The Morgan fingerprint density at radius 2 is 1.43 bits per heavy atom. The molecule has 1 aliphatic rings. The normalized spacial score (nSPS) is 19.6. The number of aliphatic hydroxyl groups excluding tert-OH is 1. The summed E-state index contributed by atoms with van der Waals surface area (Å²) in [6, 6.07) is 0. The van der Waals surface area contributed by atoms with E-state index in [1.165, 1.54) is 0 Å². The molecule has 0 aliphatic carbocycles. The van der Waals surface area contributed by atoms with Crippen LogP contribution in [-0.2, 0) is 33.4 Å². The topological polar surface area (TPSA) is 195 Å². The van der Waals surface area contributed by atoms with E-state index in [4.69, 9.17) is 14.2 Å². The van der Waals surface area contributed by atoms with Crippen LogP contribution in [0.2, 0.25) is 0 Å². The lowest BCUT2D eigenvalue weighted by molar-refractivity contribution is -0.160. The number of carbonyl (C=O) groups excluding carboxylic acids is 4. The van der Waals surface area contributed by atoms with Crippen LogP contribution in [0.4, 0.5) is 4.39 Å². The predicted octanol–water partition coefficient (Wildman–Crippen LogP) is 1.05. The smallest absolute Gasteiger partial charge is 0.330 e. The molecule has 1 aromatic rings. The minimum atomic E-state index is -1.77.